The van der Waals surface area contributed by atoms with Gasteiger partial charge in [0.1, 0.15) is 15.8 Å². The van der Waals surface area contributed by atoms with E-state index in [2.05, 4.69) is 15.2 Å². The Kier molecular flexibility index (Phi) is 7.79. The molecule has 10 heteroatoms. The van der Waals surface area contributed by atoms with Gasteiger partial charge in [0.25, 0.3) is 11.5 Å². The van der Waals surface area contributed by atoms with Crippen molar-refractivity contribution in [1.29, 1.82) is 0 Å². The molecular weight excluding hydrogens is 458 g/mol. The number of nitrogens with zero attached hydrogens (tertiary/aromatic N) is 4. The highest BCUT2D eigenvalue weighted by molar-refractivity contribution is 8.26. The van der Waals surface area contributed by atoms with E-state index < -0.39 is 0 Å². The summed E-state index contributed by atoms with van der Waals surface area (Å²) in [6, 6.07) is 5.45. The van der Waals surface area contributed by atoms with Crippen LogP contribution >= 0.6 is 24.0 Å². The summed E-state index contributed by atoms with van der Waals surface area (Å²) in [6.07, 6.45) is 5.04. The SMILES string of the molecule is CC[C@@H](C)N1C(=O)/C(=C/c2c(NCCCN3CCOCC3)nc3ccccn3c2=O)SC1=S. The first-order chi connectivity index (χ1) is 16.0. The number of ether oxygens (including phenoxy) is 1. The lowest BCUT2D eigenvalue weighted by atomic mass is 10.2. The minimum absolute atomic E-state index is 0.0111. The van der Waals surface area contributed by atoms with E-state index >= 15 is 0 Å². The normalized spacial score (nSPS) is 19.6. The molecule has 0 bridgehead atoms. The molecule has 4 rings (SSSR count). The molecule has 2 aliphatic rings. The third kappa shape index (κ3) is 5.29. The molecule has 2 aliphatic heterocycles. The summed E-state index contributed by atoms with van der Waals surface area (Å²) in [5.41, 5.74) is 0.710. The van der Waals surface area contributed by atoms with Crippen molar-refractivity contribution in [3.05, 3.63) is 45.2 Å². The predicted octanol–water partition coefficient (Wildman–Crippen LogP) is 2.83. The highest BCUT2D eigenvalue weighted by atomic mass is 32.2. The van der Waals surface area contributed by atoms with Crippen LogP contribution in [0.3, 0.4) is 0 Å². The lowest BCUT2D eigenvalue weighted by Crippen LogP contribution is -2.37. The Morgan fingerprint density at radius 2 is 2.09 bits per heavy atom. The maximum absolute atomic E-state index is 13.3. The van der Waals surface area contributed by atoms with Gasteiger partial charge in [-0.25, -0.2) is 4.98 Å². The van der Waals surface area contributed by atoms with Gasteiger partial charge in [-0.1, -0.05) is 37.0 Å². The number of fused-ring (bicyclic) bond motifs is 1. The monoisotopic (exact) mass is 487 g/mol. The van der Waals surface area contributed by atoms with Crippen LogP contribution in [0.15, 0.2) is 34.1 Å². The number of aromatic nitrogens is 2. The number of hydrogen-bond acceptors (Lipinski definition) is 8. The number of amides is 1. The van der Waals surface area contributed by atoms with E-state index in [-0.39, 0.29) is 17.5 Å². The molecule has 8 nitrogen and oxygen atoms in total. The first-order valence-corrected chi connectivity index (χ1v) is 12.5. The van der Waals surface area contributed by atoms with Crippen LogP contribution in [0.2, 0.25) is 0 Å². The van der Waals surface area contributed by atoms with Crippen molar-refractivity contribution < 1.29 is 9.53 Å². The van der Waals surface area contributed by atoms with Gasteiger partial charge in [0.2, 0.25) is 0 Å². The Morgan fingerprint density at radius 3 is 2.85 bits per heavy atom. The molecule has 0 spiro atoms. The van der Waals surface area contributed by atoms with E-state index in [1.54, 1.807) is 29.3 Å². The predicted molar refractivity (Wildman–Crippen MR) is 137 cm³/mol. The van der Waals surface area contributed by atoms with Crippen molar-refractivity contribution in [3.63, 3.8) is 0 Å². The van der Waals surface area contributed by atoms with Gasteiger partial charge in [-0.3, -0.25) is 23.8 Å². The van der Waals surface area contributed by atoms with Crippen LogP contribution in [0.5, 0.6) is 0 Å². The van der Waals surface area contributed by atoms with Gasteiger partial charge in [-0.2, -0.15) is 0 Å². The second-order valence-corrected chi connectivity index (χ2v) is 9.83. The Balaban J connectivity index is 1.60. The van der Waals surface area contributed by atoms with Gasteiger partial charge in [0.15, 0.2) is 0 Å². The molecular formula is C23H29N5O3S2. The summed E-state index contributed by atoms with van der Waals surface area (Å²) < 4.78 is 7.42. The molecule has 0 saturated carbocycles. The van der Waals surface area contributed by atoms with Crippen molar-refractivity contribution in [2.75, 3.05) is 44.7 Å². The Labute approximate surface area is 203 Å². The van der Waals surface area contributed by atoms with Crippen LogP contribution in [0.4, 0.5) is 5.82 Å². The van der Waals surface area contributed by atoms with E-state index in [9.17, 15) is 9.59 Å². The van der Waals surface area contributed by atoms with E-state index in [0.29, 0.717) is 32.8 Å². The number of thioether (sulfide) groups is 1. The molecule has 176 valence electrons. The molecule has 4 heterocycles. The molecule has 2 saturated heterocycles. The van der Waals surface area contributed by atoms with Crippen molar-refractivity contribution >= 4 is 51.7 Å². The number of anilines is 1. The number of morpholine rings is 1. The fraction of sp³-hybridized carbons (Fsp3) is 0.478. The average molecular weight is 488 g/mol. The molecule has 1 N–H and O–H groups in total. The molecule has 33 heavy (non-hydrogen) atoms. The van der Waals surface area contributed by atoms with Gasteiger partial charge in [0.05, 0.1) is 23.7 Å². The van der Waals surface area contributed by atoms with Crippen molar-refractivity contribution in [2.45, 2.75) is 32.7 Å². The molecule has 0 radical (unpaired) electrons. The van der Waals surface area contributed by atoms with Gasteiger partial charge in [0, 0.05) is 31.9 Å². The zero-order valence-corrected chi connectivity index (χ0v) is 20.6. The summed E-state index contributed by atoms with van der Waals surface area (Å²) in [6.45, 7) is 9.04. The van der Waals surface area contributed by atoms with Crippen molar-refractivity contribution in [1.82, 2.24) is 19.2 Å². The van der Waals surface area contributed by atoms with Gasteiger partial charge in [-0.15, -0.1) is 0 Å². The lowest BCUT2D eigenvalue weighted by Gasteiger charge is -2.26. The summed E-state index contributed by atoms with van der Waals surface area (Å²) >= 11 is 6.68. The van der Waals surface area contributed by atoms with E-state index in [1.807, 2.05) is 19.9 Å². The summed E-state index contributed by atoms with van der Waals surface area (Å²) in [4.78, 5) is 35.5. The first kappa shape index (κ1) is 23.9. The van der Waals surface area contributed by atoms with E-state index in [4.69, 9.17) is 17.0 Å². The number of rotatable bonds is 8. The first-order valence-electron chi connectivity index (χ1n) is 11.3. The quantitative estimate of drug-likeness (QED) is 0.346. The smallest absolute Gasteiger partial charge is 0.267 e. The van der Waals surface area contributed by atoms with E-state index in [0.717, 1.165) is 45.7 Å². The standard InChI is InChI=1S/C23H29N5O3S2/c1-3-16(2)28-22(30)18(33-23(28)32)15-17-20(24-8-6-9-26-11-13-31-14-12-26)25-19-7-4-5-10-27(19)21(17)29/h4-5,7,10,15-16,24H,3,6,8-9,11-14H2,1-2H3/b18-15-/t16-/m1/s1. The van der Waals surface area contributed by atoms with Crippen molar-refractivity contribution in [2.24, 2.45) is 0 Å². The highest BCUT2D eigenvalue weighted by Crippen LogP contribution is 2.34. The number of hydrogen-bond donors (Lipinski definition) is 1. The minimum atomic E-state index is -0.218. The van der Waals surface area contributed by atoms with Crippen LogP contribution in [-0.4, -0.2) is 74.8 Å². The molecule has 0 aliphatic carbocycles. The van der Waals surface area contributed by atoms with E-state index in [1.165, 1.54) is 16.2 Å². The number of pyridine rings is 1. The molecule has 1 amide bonds. The van der Waals surface area contributed by atoms with Gasteiger partial charge in [-0.05, 0) is 44.5 Å². The number of carbonyl (C=O) groups excluding carboxylic acids is 1. The average Bonchev–Trinajstić information content (AvgIpc) is 3.11. The maximum atomic E-state index is 13.3. The zero-order chi connectivity index (χ0) is 23.4. The minimum Gasteiger partial charge on any atom is -0.379 e. The van der Waals surface area contributed by atoms with Gasteiger partial charge < -0.3 is 10.1 Å². The molecule has 2 aromatic rings. The molecule has 0 unspecified atom stereocenters. The summed E-state index contributed by atoms with van der Waals surface area (Å²) in [7, 11) is 0. The fourth-order valence-corrected chi connectivity index (χ4v) is 5.32. The lowest BCUT2D eigenvalue weighted by molar-refractivity contribution is -0.123. The third-order valence-electron chi connectivity index (χ3n) is 5.95. The number of thiocarbonyl (C=S) groups is 1. The second-order valence-electron chi connectivity index (χ2n) is 8.15. The van der Waals surface area contributed by atoms with Crippen LogP contribution in [0, 0.1) is 0 Å². The Bertz CT molecular complexity index is 1130. The molecule has 1 atom stereocenters. The van der Waals surface area contributed by atoms with Crippen LogP contribution in [0.1, 0.15) is 32.3 Å². The van der Waals surface area contributed by atoms with Crippen molar-refractivity contribution in [3.8, 4) is 0 Å². The molecule has 2 fully saturated rings. The van der Waals surface area contributed by atoms with Crippen LogP contribution in [-0.2, 0) is 9.53 Å². The highest BCUT2D eigenvalue weighted by Gasteiger charge is 2.35. The zero-order valence-electron chi connectivity index (χ0n) is 19.0. The summed E-state index contributed by atoms with van der Waals surface area (Å²) in [5.74, 6) is 0.331. The number of carbonyl (C=O) groups is 1. The van der Waals surface area contributed by atoms with Gasteiger partial charge >= 0.3 is 0 Å². The maximum Gasteiger partial charge on any atom is 0.267 e. The third-order valence-corrected chi connectivity index (χ3v) is 7.28. The molecule has 0 aromatic carbocycles. The largest absolute Gasteiger partial charge is 0.379 e. The topological polar surface area (TPSA) is 79.2 Å². The summed E-state index contributed by atoms with van der Waals surface area (Å²) in [5, 5.41) is 3.34. The Hall–Kier alpha value is -2.27. The second kappa shape index (κ2) is 10.8. The Morgan fingerprint density at radius 1 is 1.30 bits per heavy atom. The van der Waals surface area contributed by atoms with Crippen LogP contribution in [0.25, 0.3) is 11.7 Å². The number of nitrogens with one attached hydrogen (secondary N) is 1. The molecule has 2 aromatic heterocycles. The fourth-order valence-electron chi connectivity index (χ4n) is 3.88. The van der Waals surface area contributed by atoms with Crippen LogP contribution < -0.4 is 10.9 Å².